The number of thiocarbonyl (C=S) groups is 1. The highest BCUT2D eigenvalue weighted by molar-refractivity contribution is 7.99. The number of amides is 1. The summed E-state index contributed by atoms with van der Waals surface area (Å²) in [5, 5.41) is 8.91. The Morgan fingerprint density at radius 1 is 1.07 bits per heavy atom. The number of carbonyl (C=O) groups is 1. The summed E-state index contributed by atoms with van der Waals surface area (Å²) in [6.45, 7) is 5.92. The Balaban J connectivity index is 1.84. The number of benzene rings is 2. The molecule has 2 rings (SSSR count). The summed E-state index contributed by atoms with van der Waals surface area (Å²) < 4.78 is 24.6. The predicted molar refractivity (Wildman–Crippen MR) is 112 cm³/mol. The second kappa shape index (κ2) is 9.66. The first kappa shape index (κ1) is 21.1. The molecule has 27 heavy (non-hydrogen) atoms. The van der Waals surface area contributed by atoms with Gasteiger partial charge in [-0.1, -0.05) is 29.5 Å². The summed E-state index contributed by atoms with van der Waals surface area (Å²) in [6, 6.07) is 10.5. The van der Waals surface area contributed by atoms with Crippen molar-refractivity contribution in [1.82, 2.24) is 5.32 Å². The Morgan fingerprint density at radius 3 is 2.22 bits per heavy atom. The Labute approximate surface area is 167 Å². The van der Waals surface area contributed by atoms with E-state index in [1.807, 2.05) is 32.9 Å². The first-order valence-electron chi connectivity index (χ1n) is 8.22. The first-order valence-corrected chi connectivity index (χ1v) is 9.51. The fourth-order valence-electron chi connectivity index (χ4n) is 2.62. The average molecular weight is 410 g/mol. The van der Waals surface area contributed by atoms with Crippen LogP contribution in [-0.2, 0) is 4.79 Å². The molecule has 0 heterocycles. The van der Waals surface area contributed by atoms with Crippen LogP contribution in [0.3, 0.4) is 0 Å². The maximum Gasteiger partial charge on any atom is 0.288 e. The third-order valence-corrected chi connectivity index (χ3v) is 4.66. The van der Waals surface area contributed by atoms with E-state index in [2.05, 4.69) is 16.0 Å². The highest BCUT2D eigenvalue weighted by atomic mass is 32.2. The molecule has 144 valence electrons. The molecule has 8 heteroatoms. The number of carbonyl (C=O) groups excluding carboxylic acids is 1. The molecular formula is C19H21F2N3OS2. The second-order valence-corrected chi connectivity index (χ2v) is 7.50. The van der Waals surface area contributed by atoms with Crippen molar-refractivity contribution in [3.8, 4) is 0 Å². The number of rotatable bonds is 6. The summed E-state index contributed by atoms with van der Waals surface area (Å²) in [7, 11) is 0. The van der Waals surface area contributed by atoms with E-state index in [-0.39, 0.29) is 17.6 Å². The summed E-state index contributed by atoms with van der Waals surface area (Å²) >= 11 is 5.64. The molecule has 0 fully saturated rings. The second-order valence-electron chi connectivity index (χ2n) is 6.03. The van der Waals surface area contributed by atoms with Crippen molar-refractivity contribution < 1.29 is 13.6 Å². The largest absolute Gasteiger partial charge is 0.353 e. The lowest BCUT2D eigenvalue weighted by Gasteiger charge is -2.14. The Kier molecular flexibility index (Phi) is 7.55. The zero-order chi connectivity index (χ0) is 20.0. The third kappa shape index (κ3) is 6.80. The normalized spacial score (nSPS) is 10.6. The maximum atomic E-state index is 12.3. The molecule has 0 bridgehead atoms. The van der Waals surface area contributed by atoms with Crippen LogP contribution in [0, 0.1) is 20.8 Å². The number of hydrogen-bond donors (Lipinski definition) is 3. The molecule has 2 aromatic rings. The van der Waals surface area contributed by atoms with Gasteiger partial charge in [0, 0.05) is 16.3 Å². The van der Waals surface area contributed by atoms with Gasteiger partial charge in [0.05, 0.1) is 6.54 Å². The summed E-state index contributed by atoms with van der Waals surface area (Å²) in [6.07, 6.45) is 0. The first-order chi connectivity index (χ1) is 12.7. The lowest BCUT2D eigenvalue weighted by molar-refractivity contribution is -0.115. The molecule has 0 aliphatic heterocycles. The van der Waals surface area contributed by atoms with Crippen LogP contribution in [0.25, 0.3) is 0 Å². The summed E-state index contributed by atoms with van der Waals surface area (Å²) in [5.74, 6) is -2.66. The van der Waals surface area contributed by atoms with Gasteiger partial charge in [-0.15, -0.1) is 0 Å². The van der Waals surface area contributed by atoms with Crippen molar-refractivity contribution in [2.75, 3.05) is 17.2 Å². The Bertz CT molecular complexity index is 803. The van der Waals surface area contributed by atoms with Crippen molar-refractivity contribution in [1.29, 1.82) is 0 Å². The topological polar surface area (TPSA) is 53.2 Å². The van der Waals surface area contributed by atoms with E-state index < -0.39 is 5.76 Å². The van der Waals surface area contributed by atoms with Crippen LogP contribution >= 0.6 is 24.0 Å². The van der Waals surface area contributed by atoms with Gasteiger partial charge in [0.2, 0.25) is 5.91 Å². The fourth-order valence-corrected chi connectivity index (χ4v) is 3.31. The van der Waals surface area contributed by atoms with Crippen LogP contribution in [0.15, 0.2) is 41.3 Å². The van der Waals surface area contributed by atoms with Gasteiger partial charge in [0.25, 0.3) is 5.76 Å². The third-order valence-electron chi connectivity index (χ3n) is 3.69. The van der Waals surface area contributed by atoms with Crippen molar-refractivity contribution in [2.45, 2.75) is 31.4 Å². The summed E-state index contributed by atoms with van der Waals surface area (Å²) in [4.78, 5) is 12.6. The van der Waals surface area contributed by atoms with Gasteiger partial charge in [-0.3, -0.25) is 4.79 Å². The van der Waals surface area contributed by atoms with Crippen molar-refractivity contribution in [3.63, 3.8) is 0 Å². The van der Waals surface area contributed by atoms with E-state index in [0.29, 0.717) is 22.3 Å². The monoisotopic (exact) mass is 409 g/mol. The van der Waals surface area contributed by atoms with Crippen LogP contribution in [-0.4, -0.2) is 23.3 Å². The number of halogens is 2. The number of aryl methyl sites for hydroxylation is 3. The van der Waals surface area contributed by atoms with E-state index >= 15 is 0 Å². The van der Waals surface area contributed by atoms with E-state index in [0.717, 1.165) is 22.4 Å². The van der Waals surface area contributed by atoms with Crippen LogP contribution in [0.4, 0.5) is 20.2 Å². The summed E-state index contributed by atoms with van der Waals surface area (Å²) in [5.41, 5.74) is 4.60. The van der Waals surface area contributed by atoms with E-state index in [9.17, 15) is 13.6 Å². The van der Waals surface area contributed by atoms with Gasteiger partial charge in [0.1, 0.15) is 0 Å². The molecule has 0 atom stereocenters. The molecule has 0 aliphatic rings. The van der Waals surface area contributed by atoms with Gasteiger partial charge in [-0.25, -0.2) is 0 Å². The molecule has 0 saturated heterocycles. The number of alkyl halides is 2. The lowest BCUT2D eigenvalue weighted by Crippen LogP contribution is -2.35. The zero-order valence-corrected chi connectivity index (χ0v) is 16.9. The molecular weight excluding hydrogens is 388 g/mol. The van der Waals surface area contributed by atoms with E-state index in [4.69, 9.17) is 12.2 Å². The minimum Gasteiger partial charge on any atom is -0.353 e. The SMILES string of the molecule is Cc1cc(C)c(NC(=O)CNC(=S)Nc2ccc(SC(F)F)cc2)c(C)c1. The van der Waals surface area contributed by atoms with Gasteiger partial charge in [0.15, 0.2) is 5.11 Å². The van der Waals surface area contributed by atoms with Gasteiger partial charge < -0.3 is 16.0 Å². The van der Waals surface area contributed by atoms with Crippen LogP contribution < -0.4 is 16.0 Å². The van der Waals surface area contributed by atoms with Crippen molar-refractivity contribution in [3.05, 3.63) is 53.1 Å². The molecule has 0 saturated carbocycles. The number of nitrogens with one attached hydrogen (secondary N) is 3. The zero-order valence-electron chi connectivity index (χ0n) is 15.2. The maximum absolute atomic E-state index is 12.3. The highest BCUT2D eigenvalue weighted by Gasteiger charge is 2.09. The van der Waals surface area contributed by atoms with E-state index in [1.165, 1.54) is 0 Å². The Morgan fingerprint density at radius 2 is 1.67 bits per heavy atom. The number of thioether (sulfide) groups is 1. The molecule has 3 N–H and O–H groups in total. The molecule has 0 unspecified atom stereocenters. The minimum absolute atomic E-state index is 0.0118. The lowest BCUT2D eigenvalue weighted by atomic mass is 10.1. The van der Waals surface area contributed by atoms with Gasteiger partial charge in [-0.2, -0.15) is 8.78 Å². The number of hydrogen-bond acceptors (Lipinski definition) is 3. The number of anilines is 2. The fraction of sp³-hybridized carbons (Fsp3) is 0.263. The van der Waals surface area contributed by atoms with Crippen LogP contribution in [0.1, 0.15) is 16.7 Å². The minimum atomic E-state index is -2.45. The molecule has 1 amide bonds. The predicted octanol–water partition coefficient (Wildman–Crippen LogP) is 4.85. The van der Waals surface area contributed by atoms with Gasteiger partial charge >= 0.3 is 0 Å². The molecule has 4 nitrogen and oxygen atoms in total. The molecule has 0 aliphatic carbocycles. The molecule has 0 aromatic heterocycles. The molecule has 0 radical (unpaired) electrons. The van der Waals surface area contributed by atoms with Crippen LogP contribution in [0.2, 0.25) is 0 Å². The van der Waals surface area contributed by atoms with Crippen LogP contribution in [0.5, 0.6) is 0 Å². The average Bonchev–Trinajstić information content (AvgIpc) is 2.57. The standard InChI is InChI=1S/C19H21F2N3OS2/c1-11-8-12(2)17(13(3)9-11)24-16(25)10-22-19(26)23-14-4-6-15(7-5-14)27-18(20)21/h4-9,18H,10H2,1-3H3,(H,24,25)(H2,22,23,26). The molecule has 0 spiro atoms. The highest BCUT2D eigenvalue weighted by Crippen LogP contribution is 2.26. The van der Waals surface area contributed by atoms with Gasteiger partial charge in [-0.05, 0) is 68.4 Å². The Hall–Kier alpha value is -2.19. The van der Waals surface area contributed by atoms with E-state index in [1.54, 1.807) is 24.3 Å². The van der Waals surface area contributed by atoms with Crippen molar-refractivity contribution >= 4 is 46.4 Å². The molecule has 2 aromatic carbocycles. The van der Waals surface area contributed by atoms with Crippen molar-refractivity contribution in [2.24, 2.45) is 0 Å². The smallest absolute Gasteiger partial charge is 0.288 e. The quantitative estimate of drug-likeness (QED) is 0.470.